The van der Waals surface area contributed by atoms with Crippen molar-refractivity contribution in [2.45, 2.75) is 64.5 Å². The van der Waals surface area contributed by atoms with Crippen molar-refractivity contribution in [2.75, 3.05) is 26.7 Å². The number of nitrogens with zero attached hydrogens (tertiary/aromatic N) is 1. The molecule has 2 aliphatic rings. The van der Waals surface area contributed by atoms with Crippen LogP contribution in [-0.4, -0.2) is 49.2 Å². The Bertz CT molecular complexity index is 357. The van der Waals surface area contributed by atoms with Gasteiger partial charge in [0.15, 0.2) is 0 Å². The molecular weight excluding hydrogens is 264 g/mol. The van der Waals surface area contributed by atoms with Crippen molar-refractivity contribution in [3.05, 3.63) is 0 Å². The lowest BCUT2D eigenvalue weighted by atomic mass is 9.88. The predicted octanol–water partition coefficient (Wildman–Crippen LogP) is 2.43. The maximum absolute atomic E-state index is 12.6. The zero-order valence-electron chi connectivity index (χ0n) is 14.2. The van der Waals surface area contributed by atoms with Gasteiger partial charge in [0.25, 0.3) is 0 Å². The first-order valence-corrected chi connectivity index (χ1v) is 8.61. The highest BCUT2D eigenvalue weighted by molar-refractivity contribution is 5.82. The van der Waals surface area contributed by atoms with Crippen LogP contribution >= 0.6 is 0 Å². The van der Waals surface area contributed by atoms with Crippen LogP contribution in [0.4, 0.5) is 0 Å². The van der Waals surface area contributed by atoms with E-state index in [9.17, 15) is 4.79 Å². The van der Waals surface area contributed by atoms with Gasteiger partial charge in [0.1, 0.15) is 5.54 Å². The third-order valence-electron chi connectivity index (χ3n) is 5.21. The van der Waals surface area contributed by atoms with Crippen molar-refractivity contribution < 1.29 is 9.53 Å². The Morgan fingerprint density at radius 1 is 1.29 bits per heavy atom. The quantitative estimate of drug-likeness (QED) is 0.733. The van der Waals surface area contributed by atoms with E-state index in [1.54, 1.807) is 0 Å². The molecular formula is C17H32N2O2. The summed E-state index contributed by atoms with van der Waals surface area (Å²) in [6.45, 7) is 9.53. The molecule has 1 aliphatic heterocycles. The molecule has 0 aromatic heterocycles. The highest BCUT2D eigenvalue weighted by Gasteiger charge is 2.52. The molecule has 0 amide bonds. The number of likely N-dealkylation sites (tertiary alicyclic amines) is 1. The van der Waals surface area contributed by atoms with E-state index in [4.69, 9.17) is 4.74 Å². The Labute approximate surface area is 129 Å². The van der Waals surface area contributed by atoms with Crippen LogP contribution in [-0.2, 0) is 9.53 Å². The third-order valence-corrected chi connectivity index (χ3v) is 5.21. The van der Waals surface area contributed by atoms with Crippen molar-refractivity contribution in [2.24, 2.45) is 11.8 Å². The molecule has 1 saturated heterocycles. The maximum Gasteiger partial charge on any atom is 0.327 e. The Morgan fingerprint density at radius 3 is 2.57 bits per heavy atom. The van der Waals surface area contributed by atoms with Gasteiger partial charge in [-0.2, -0.15) is 0 Å². The average molecular weight is 296 g/mol. The number of nitrogens with one attached hydrogen (secondary N) is 1. The number of ether oxygens (including phenoxy) is 1. The topological polar surface area (TPSA) is 41.6 Å². The van der Waals surface area contributed by atoms with Crippen LogP contribution < -0.4 is 5.32 Å². The lowest BCUT2D eigenvalue weighted by molar-refractivity contribution is -0.151. The summed E-state index contributed by atoms with van der Waals surface area (Å²) in [5.41, 5.74) is -0.490. The number of hydrogen-bond acceptors (Lipinski definition) is 4. The third kappa shape index (κ3) is 3.78. The Morgan fingerprint density at radius 2 is 2.00 bits per heavy atom. The molecule has 0 aromatic rings. The fourth-order valence-electron chi connectivity index (χ4n) is 3.66. The van der Waals surface area contributed by atoms with E-state index in [1.807, 2.05) is 0 Å². The summed E-state index contributed by atoms with van der Waals surface area (Å²) in [7, 11) is 1.52. The molecule has 4 heteroatoms. The summed E-state index contributed by atoms with van der Waals surface area (Å²) >= 11 is 0. The van der Waals surface area contributed by atoms with Crippen molar-refractivity contribution in [3.8, 4) is 0 Å². The van der Waals surface area contributed by atoms with Gasteiger partial charge in [0.05, 0.1) is 7.11 Å². The van der Waals surface area contributed by atoms with Crippen LogP contribution in [0, 0.1) is 11.8 Å². The minimum Gasteiger partial charge on any atom is -0.468 e. The summed E-state index contributed by atoms with van der Waals surface area (Å²) in [4.78, 5) is 15.1. The smallest absolute Gasteiger partial charge is 0.327 e. The Balaban J connectivity index is 2.15. The van der Waals surface area contributed by atoms with Crippen molar-refractivity contribution in [1.29, 1.82) is 0 Å². The monoisotopic (exact) mass is 296 g/mol. The maximum atomic E-state index is 12.6. The molecule has 0 aromatic carbocycles. The number of piperidine rings is 1. The van der Waals surface area contributed by atoms with E-state index in [-0.39, 0.29) is 5.97 Å². The van der Waals surface area contributed by atoms with Crippen LogP contribution in [0.2, 0.25) is 0 Å². The summed E-state index contributed by atoms with van der Waals surface area (Å²) in [5.74, 6) is 1.10. The molecule has 21 heavy (non-hydrogen) atoms. The molecule has 3 atom stereocenters. The number of carbonyl (C=O) groups excluding carboxylic acids is 1. The van der Waals surface area contributed by atoms with Crippen molar-refractivity contribution >= 4 is 5.97 Å². The van der Waals surface area contributed by atoms with E-state index in [1.165, 1.54) is 20.0 Å². The van der Waals surface area contributed by atoms with Gasteiger partial charge < -0.3 is 10.1 Å². The summed E-state index contributed by atoms with van der Waals surface area (Å²) in [6, 6.07) is 0.562. The lowest BCUT2D eigenvalue weighted by Crippen LogP contribution is -2.63. The molecule has 1 N–H and O–H groups in total. The van der Waals surface area contributed by atoms with Crippen LogP contribution in [0.3, 0.4) is 0 Å². The molecule has 4 nitrogen and oxygen atoms in total. The van der Waals surface area contributed by atoms with Gasteiger partial charge in [-0.3, -0.25) is 4.90 Å². The van der Waals surface area contributed by atoms with Gasteiger partial charge in [-0.15, -0.1) is 0 Å². The zero-order valence-corrected chi connectivity index (χ0v) is 14.2. The Hall–Kier alpha value is -0.610. The largest absolute Gasteiger partial charge is 0.468 e. The Kier molecular flexibility index (Phi) is 5.67. The number of hydrogen-bond donors (Lipinski definition) is 1. The molecule has 0 radical (unpaired) electrons. The molecule has 1 heterocycles. The number of rotatable bonds is 7. The van der Waals surface area contributed by atoms with Crippen molar-refractivity contribution in [3.63, 3.8) is 0 Å². The fourth-order valence-corrected chi connectivity index (χ4v) is 3.66. The van der Waals surface area contributed by atoms with Gasteiger partial charge in [0, 0.05) is 19.1 Å². The molecule has 1 saturated carbocycles. The predicted molar refractivity (Wildman–Crippen MR) is 85.2 cm³/mol. The standard InChI is InChI=1S/C17H32N2O2/c1-5-10-18-17(15-8-9-15,16(20)21-4)12-19-11-13(2)6-7-14(19)3/h13-15,18H,5-12H2,1-4H3. The first-order chi connectivity index (χ1) is 10.0. The van der Waals surface area contributed by atoms with Gasteiger partial charge in [0.2, 0.25) is 0 Å². The lowest BCUT2D eigenvalue weighted by Gasteiger charge is -2.43. The summed E-state index contributed by atoms with van der Waals surface area (Å²) in [6.07, 6.45) is 5.86. The number of carbonyl (C=O) groups is 1. The average Bonchev–Trinajstić information content (AvgIpc) is 3.31. The van der Waals surface area contributed by atoms with Gasteiger partial charge in [-0.05, 0) is 57.4 Å². The first-order valence-electron chi connectivity index (χ1n) is 8.61. The molecule has 3 unspecified atom stereocenters. The summed E-state index contributed by atoms with van der Waals surface area (Å²) in [5, 5.41) is 3.56. The minimum absolute atomic E-state index is 0.0659. The van der Waals surface area contributed by atoms with E-state index >= 15 is 0 Å². The van der Waals surface area contributed by atoms with Crippen LogP contribution in [0.15, 0.2) is 0 Å². The normalized spacial score (nSPS) is 29.9. The van der Waals surface area contributed by atoms with E-state index < -0.39 is 5.54 Å². The molecule has 122 valence electrons. The second-order valence-corrected chi connectivity index (χ2v) is 7.12. The van der Waals surface area contributed by atoms with Gasteiger partial charge in [-0.25, -0.2) is 4.79 Å². The van der Waals surface area contributed by atoms with Crippen LogP contribution in [0.1, 0.15) is 52.9 Å². The molecule has 2 rings (SSSR count). The molecule has 2 fully saturated rings. The van der Waals surface area contributed by atoms with Gasteiger partial charge >= 0.3 is 5.97 Å². The number of esters is 1. The summed E-state index contributed by atoms with van der Waals surface area (Å²) < 4.78 is 5.19. The SMILES string of the molecule is CCCNC(CN1CC(C)CCC1C)(C(=O)OC)C1CC1. The van der Waals surface area contributed by atoms with Crippen molar-refractivity contribution in [1.82, 2.24) is 10.2 Å². The van der Waals surface area contributed by atoms with E-state index in [0.717, 1.165) is 44.8 Å². The second-order valence-electron chi connectivity index (χ2n) is 7.12. The van der Waals surface area contributed by atoms with E-state index in [0.29, 0.717) is 12.0 Å². The molecule has 0 spiro atoms. The highest BCUT2D eigenvalue weighted by atomic mass is 16.5. The second kappa shape index (κ2) is 7.10. The first kappa shape index (κ1) is 16.8. The minimum atomic E-state index is -0.490. The fraction of sp³-hybridized carbons (Fsp3) is 0.941. The highest BCUT2D eigenvalue weighted by Crippen LogP contribution is 2.42. The van der Waals surface area contributed by atoms with Gasteiger partial charge in [-0.1, -0.05) is 13.8 Å². The van der Waals surface area contributed by atoms with Crippen LogP contribution in [0.25, 0.3) is 0 Å². The zero-order chi connectivity index (χ0) is 15.5. The van der Waals surface area contributed by atoms with Crippen LogP contribution in [0.5, 0.6) is 0 Å². The molecule has 0 bridgehead atoms. The van der Waals surface area contributed by atoms with E-state index in [2.05, 4.69) is 31.0 Å². The molecule has 1 aliphatic carbocycles. The number of methoxy groups -OCH3 is 1.